The zero-order valence-electron chi connectivity index (χ0n) is 21.2. The van der Waals surface area contributed by atoms with Gasteiger partial charge in [-0.05, 0) is 85.0 Å². The van der Waals surface area contributed by atoms with E-state index in [0.29, 0.717) is 17.6 Å². The van der Waals surface area contributed by atoms with Gasteiger partial charge in [0, 0.05) is 11.7 Å². The highest BCUT2D eigenvalue weighted by Gasteiger charge is 2.35. The molecule has 4 rings (SSSR count). The van der Waals surface area contributed by atoms with Crippen molar-refractivity contribution >= 4 is 28.6 Å². The molecule has 1 aromatic heterocycles. The van der Waals surface area contributed by atoms with Crippen molar-refractivity contribution < 1.29 is 27.4 Å². The molecule has 0 spiro atoms. The molecule has 9 heteroatoms. The number of halogens is 3. The zero-order valence-corrected chi connectivity index (χ0v) is 21.2. The molecule has 0 bridgehead atoms. The lowest BCUT2D eigenvalue weighted by molar-refractivity contribution is -0.274. The van der Waals surface area contributed by atoms with Gasteiger partial charge in [-0.15, -0.1) is 13.2 Å². The second-order valence-electron chi connectivity index (χ2n) is 10.6. The Morgan fingerprint density at radius 3 is 2.50 bits per heavy atom. The number of carbonyl (C=O) groups is 1. The van der Waals surface area contributed by atoms with Crippen molar-refractivity contribution in [3.8, 4) is 5.75 Å². The van der Waals surface area contributed by atoms with E-state index in [1.54, 1.807) is 0 Å². The van der Waals surface area contributed by atoms with Crippen molar-refractivity contribution in [3.05, 3.63) is 47.5 Å². The van der Waals surface area contributed by atoms with Crippen molar-refractivity contribution in [2.45, 2.75) is 65.8 Å². The van der Waals surface area contributed by atoms with Crippen LogP contribution >= 0.6 is 0 Å². The van der Waals surface area contributed by atoms with Crippen LogP contribution in [0.3, 0.4) is 0 Å². The number of anilines is 2. The third-order valence-electron chi connectivity index (χ3n) is 6.78. The van der Waals surface area contributed by atoms with Crippen molar-refractivity contribution in [1.29, 1.82) is 0 Å². The molecule has 194 valence electrons. The third-order valence-corrected chi connectivity index (χ3v) is 6.78. The van der Waals surface area contributed by atoms with Crippen LogP contribution in [0.1, 0.15) is 57.2 Å². The Kier molecular flexibility index (Phi) is 6.94. The summed E-state index contributed by atoms with van der Waals surface area (Å²) in [6.45, 7) is 8.79. The fraction of sp³-hybridized carbons (Fsp3) is 0.481. The van der Waals surface area contributed by atoms with E-state index >= 15 is 0 Å². The van der Waals surface area contributed by atoms with Gasteiger partial charge in [-0.25, -0.2) is 4.98 Å². The Labute approximate surface area is 208 Å². The summed E-state index contributed by atoms with van der Waals surface area (Å²) in [5, 5.41) is 3.31. The van der Waals surface area contributed by atoms with Crippen LogP contribution < -0.4 is 10.1 Å². The first kappa shape index (κ1) is 25.9. The Morgan fingerprint density at radius 1 is 1.19 bits per heavy atom. The maximum atomic E-state index is 12.5. The summed E-state index contributed by atoms with van der Waals surface area (Å²) in [5.74, 6) is 0.535. The molecule has 2 atom stereocenters. The summed E-state index contributed by atoms with van der Waals surface area (Å²) in [6.07, 6.45) is -1.49. The molecule has 0 aliphatic heterocycles. The number of esters is 1. The number of methoxy groups -OCH3 is 1. The first-order chi connectivity index (χ1) is 16.8. The van der Waals surface area contributed by atoms with Gasteiger partial charge in [0.05, 0.1) is 24.6 Å². The third kappa shape index (κ3) is 5.94. The molecule has 1 heterocycles. The van der Waals surface area contributed by atoms with Crippen molar-refractivity contribution in [3.63, 3.8) is 0 Å². The molecule has 0 saturated heterocycles. The fourth-order valence-electron chi connectivity index (χ4n) is 5.53. The number of imidazole rings is 1. The molecule has 36 heavy (non-hydrogen) atoms. The number of nitrogens with one attached hydrogen (secondary N) is 1. The molecule has 2 aromatic carbocycles. The van der Waals surface area contributed by atoms with Crippen LogP contribution in [-0.2, 0) is 16.0 Å². The highest BCUT2D eigenvalue weighted by molar-refractivity contribution is 5.83. The number of fused-ring (bicyclic) bond motifs is 1. The van der Waals surface area contributed by atoms with Gasteiger partial charge in [0.15, 0.2) is 0 Å². The van der Waals surface area contributed by atoms with Crippen LogP contribution in [-0.4, -0.2) is 29.0 Å². The molecule has 6 nitrogen and oxygen atoms in total. The van der Waals surface area contributed by atoms with Gasteiger partial charge in [-0.1, -0.05) is 20.8 Å². The van der Waals surface area contributed by atoms with Gasteiger partial charge in [0.25, 0.3) is 0 Å². The average molecular weight is 504 g/mol. The van der Waals surface area contributed by atoms with Gasteiger partial charge in [0.2, 0.25) is 5.95 Å². The van der Waals surface area contributed by atoms with E-state index in [1.807, 2.05) is 13.0 Å². The Morgan fingerprint density at radius 2 is 1.89 bits per heavy atom. The summed E-state index contributed by atoms with van der Waals surface area (Å²) in [4.78, 5) is 16.8. The monoisotopic (exact) mass is 503 g/mol. The smallest absolute Gasteiger partial charge is 0.469 e. The maximum Gasteiger partial charge on any atom is 0.573 e. The minimum absolute atomic E-state index is 0.155. The van der Waals surface area contributed by atoms with Crippen LogP contribution in [0.5, 0.6) is 5.75 Å². The van der Waals surface area contributed by atoms with Gasteiger partial charge in [-0.3, -0.25) is 4.79 Å². The molecule has 1 N–H and O–H groups in total. The summed E-state index contributed by atoms with van der Waals surface area (Å²) in [6, 6.07) is 9.77. The van der Waals surface area contributed by atoms with Crippen LogP contribution in [0, 0.1) is 18.3 Å². The van der Waals surface area contributed by atoms with E-state index in [4.69, 9.17) is 9.72 Å². The van der Waals surface area contributed by atoms with E-state index in [9.17, 15) is 18.0 Å². The number of alkyl halides is 3. The number of nitrogens with zero attached hydrogens (tertiary/aromatic N) is 2. The Hall–Kier alpha value is -3.23. The number of aryl methyl sites for hydroxylation is 1. The minimum atomic E-state index is -4.74. The molecule has 1 fully saturated rings. The predicted molar refractivity (Wildman–Crippen MR) is 132 cm³/mol. The Balaban J connectivity index is 1.75. The maximum absolute atomic E-state index is 12.5. The molecule has 1 aliphatic carbocycles. The largest absolute Gasteiger partial charge is 0.573 e. The molecule has 2 unspecified atom stereocenters. The van der Waals surface area contributed by atoms with Crippen molar-refractivity contribution in [2.75, 3.05) is 12.4 Å². The number of hydrogen-bond donors (Lipinski definition) is 1. The topological polar surface area (TPSA) is 65.4 Å². The Bertz CT molecular complexity index is 1250. The zero-order chi connectivity index (χ0) is 26.3. The van der Waals surface area contributed by atoms with Crippen LogP contribution in [0.2, 0.25) is 0 Å². The van der Waals surface area contributed by atoms with Crippen molar-refractivity contribution in [2.24, 2.45) is 11.3 Å². The minimum Gasteiger partial charge on any atom is -0.469 e. The van der Waals surface area contributed by atoms with E-state index in [-0.39, 0.29) is 29.6 Å². The van der Waals surface area contributed by atoms with Gasteiger partial charge < -0.3 is 19.4 Å². The lowest BCUT2D eigenvalue weighted by Gasteiger charge is -2.40. The number of ether oxygens (including phenoxy) is 2. The van der Waals surface area contributed by atoms with Crippen molar-refractivity contribution in [1.82, 2.24) is 9.55 Å². The molecule has 3 aromatic rings. The number of benzene rings is 2. The standard InChI is InChI=1S/C27H32F3N3O3/c1-16-10-20(15-26(3,4)14-16)33-23-11-17(2)18(13-24(34)35-5)12-22(23)32-25(33)31-19-6-8-21(9-7-19)36-27(28,29)30/h6-9,11-12,16,20H,10,13-15H2,1-5H3,(H,31,32). The second kappa shape index (κ2) is 9.67. The summed E-state index contributed by atoms with van der Waals surface area (Å²) < 4.78 is 48.7. The SMILES string of the molecule is COC(=O)Cc1cc2nc(Nc3ccc(OC(F)(F)F)cc3)n(C3CC(C)CC(C)(C)C3)c2cc1C. The highest BCUT2D eigenvalue weighted by atomic mass is 19.4. The van der Waals surface area contributed by atoms with E-state index < -0.39 is 6.36 Å². The normalized spacial score (nSPS) is 19.8. The summed E-state index contributed by atoms with van der Waals surface area (Å²) in [7, 11) is 1.37. The lowest BCUT2D eigenvalue weighted by Crippen LogP contribution is -2.29. The van der Waals surface area contributed by atoms with Crippen LogP contribution in [0.25, 0.3) is 11.0 Å². The number of hydrogen-bond acceptors (Lipinski definition) is 5. The highest BCUT2D eigenvalue weighted by Crippen LogP contribution is 2.46. The molecule has 0 amide bonds. The van der Waals surface area contributed by atoms with Gasteiger partial charge >= 0.3 is 12.3 Å². The van der Waals surface area contributed by atoms with Crippen LogP contribution in [0.4, 0.5) is 24.8 Å². The van der Waals surface area contributed by atoms with E-state index in [0.717, 1.165) is 41.4 Å². The average Bonchev–Trinajstić information content (AvgIpc) is 3.09. The molecule has 1 aliphatic rings. The predicted octanol–water partition coefficient (Wildman–Crippen LogP) is 7.09. The molecular formula is C27H32F3N3O3. The quantitative estimate of drug-likeness (QED) is 0.364. The van der Waals surface area contributed by atoms with Crippen LogP contribution in [0.15, 0.2) is 36.4 Å². The molecule has 1 saturated carbocycles. The molecule has 0 radical (unpaired) electrons. The molecular weight excluding hydrogens is 471 g/mol. The number of aromatic nitrogens is 2. The van der Waals surface area contributed by atoms with E-state index in [1.165, 1.54) is 31.4 Å². The lowest BCUT2D eigenvalue weighted by atomic mass is 9.70. The number of rotatable bonds is 6. The first-order valence-electron chi connectivity index (χ1n) is 12.0. The van der Waals surface area contributed by atoms with E-state index in [2.05, 4.69) is 41.5 Å². The van der Waals surface area contributed by atoms with Gasteiger partial charge in [0.1, 0.15) is 5.75 Å². The van der Waals surface area contributed by atoms with Gasteiger partial charge in [-0.2, -0.15) is 0 Å². The summed E-state index contributed by atoms with van der Waals surface area (Å²) >= 11 is 0. The number of carbonyl (C=O) groups excluding carboxylic acids is 1. The fourth-order valence-corrected chi connectivity index (χ4v) is 5.53. The first-order valence-corrected chi connectivity index (χ1v) is 12.0. The summed E-state index contributed by atoms with van der Waals surface area (Å²) in [5.41, 5.74) is 4.27. The second-order valence-corrected chi connectivity index (χ2v) is 10.6.